The largest absolute Gasteiger partial charge is 0.463 e. The lowest BCUT2D eigenvalue weighted by molar-refractivity contribution is 0.292. The first-order valence-corrected chi connectivity index (χ1v) is 7.89. The Labute approximate surface area is 125 Å². The van der Waals surface area contributed by atoms with Gasteiger partial charge in [-0.05, 0) is 49.9 Å². The first kappa shape index (κ1) is 14.3. The number of nitrogen functional groups attached to an aromatic ring is 1. The normalized spacial score (nSPS) is 17.9. The Kier molecular flexibility index (Phi) is 4.38. The number of nitrogens with two attached hydrogens (primary N) is 1. The van der Waals surface area contributed by atoms with Gasteiger partial charge in [-0.15, -0.1) is 0 Å². The van der Waals surface area contributed by atoms with Crippen LogP contribution >= 0.6 is 0 Å². The van der Waals surface area contributed by atoms with E-state index in [4.69, 9.17) is 10.6 Å². The van der Waals surface area contributed by atoms with Gasteiger partial charge in [0.05, 0.1) is 6.61 Å². The predicted molar refractivity (Wildman–Crippen MR) is 80.9 cm³/mol. The minimum atomic E-state index is 0.316. The summed E-state index contributed by atoms with van der Waals surface area (Å²) in [6, 6.07) is 0.316. The number of ether oxygens (including phenoxy) is 1. The van der Waals surface area contributed by atoms with Gasteiger partial charge in [0.25, 0.3) is 0 Å². The molecule has 4 N–H and O–H groups in total. The molecule has 1 aromatic rings. The van der Waals surface area contributed by atoms with Crippen molar-refractivity contribution >= 4 is 11.9 Å². The van der Waals surface area contributed by atoms with Gasteiger partial charge < -0.3 is 10.1 Å². The fourth-order valence-corrected chi connectivity index (χ4v) is 2.73. The van der Waals surface area contributed by atoms with Gasteiger partial charge in [0.1, 0.15) is 0 Å². The maximum absolute atomic E-state index is 5.47. The second kappa shape index (κ2) is 6.43. The van der Waals surface area contributed by atoms with Gasteiger partial charge >= 0.3 is 6.01 Å². The number of rotatable bonds is 9. The second-order valence-corrected chi connectivity index (χ2v) is 5.98. The van der Waals surface area contributed by atoms with Crippen LogP contribution < -0.4 is 21.3 Å². The molecule has 0 radical (unpaired) electrons. The van der Waals surface area contributed by atoms with Crippen molar-refractivity contribution in [1.82, 2.24) is 15.0 Å². The second-order valence-electron chi connectivity index (χ2n) is 5.98. The van der Waals surface area contributed by atoms with Gasteiger partial charge in [0, 0.05) is 6.54 Å². The molecule has 3 rings (SSSR count). The fraction of sp³-hybridized carbons (Fsp3) is 0.786. The molecular formula is C14H24N6O. The summed E-state index contributed by atoms with van der Waals surface area (Å²) in [5.74, 6) is 8.82. The van der Waals surface area contributed by atoms with Crippen LogP contribution in [0, 0.1) is 17.8 Å². The highest BCUT2D eigenvalue weighted by molar-refractivity contribution is 5.35. The molecule has 0 saturated heterocycles. The number of nitrogens with one attached hydrogen (secondary N) is 2. The Morgan fingerprint density at radius 3 is 2.38 bits per heavy atom. The van der Waals surface area contributed by atoms with Crippen molar-refractivity contribution in [2.24, 2.45) is 23.6 Å². The Hall–Kier alpha value is -1.63. The number of hydrazine groups is 1. The fourth-order valence-electron chi connectivity index (χ4n) is 2.73. The van der Waals surface area contributed by atoms with Gasteiger partial charge in [0.2, 0.25) is 11.9 Å². The molecule has 21 heavy (non-hydrogen) atoms. The summed E-state index contributed by atoms with van der Waals surface area (Å²) in [7, 11) is 0. The van der Waals surface area contributed by atoms with Crippen LogP contribution in [0.4, 0.5) is 11.9 Å². The van der Waals surface area contributed by atoms with E-state index in [1.54, 1.807) is 0 Å². The topological polar surface area (TPSA) is 98.0 Å². The molecule has 0 amide bonds. The van der Waals surface area contributed by atoms with Crippen molar-refractivity contribution < 1.29 is 4.74 Å². The Morgan fingerprint density at radius 2 is 1.81 bits per heavy atom. The summed E-state index contributed by atoms with van der Waals surface area (Å²) in [5, 5.41) is 3.34. The number of aromatic nitrogens is 3. The molecule has 1 heterocycles. The highest BCUT2D eigenvalue weighted by Gasteiger charge is 2.41. The zero-order valence-corrected chi connectivity index (χ0v) is 12.5. The third-order valence-electron chi connectivity index (χ3n) is 4.13. The molecule has 0 aromatic carbocycles. The number of hydrogen-bond donors (Lipinski definition) is 3. The van der Waals surface area contributed by atoms with Crippen molar-refractivity contribution in [3.05, 3.63) is 0 Å². The monoisotopic (exact) mass is 292 g/mol. The van der Waals surface area contributed by atoms with Gasteiger partial charge in [0.15, 0.2) is 0 Å². The third kappa shape index (κ3) is 3.93. The summed E-state index contributed by atoms with van der Waals surface area (Å²) in [4.78, 5) is 12.6. The molecule has 2 aliphatic rings. The maximum atomic E-state index is 5.47. The van der Waals surface area contributed by atoms with Crippen LogP contribution in [-0.2, 0) is 0 Å². The van der Waals surface area contributed by atoms with Gasteiger partial charge in [-0.1, -0.05) is 6.92 Å². The van der Waals surface area contributed by atoms with Crippen LogP contribution in [-0.4, -0.2) is 28.1 Å². The molecule has 116 valence electrons. The molecule has 1 aromatic heterocycles. The van der Waals surface area contributed by atoms with E-state index in [0.29, 0.717) is 24.5 Å². The van der Waals surface area contributed by atoms with E-state index in [0.717, 1.165) is 30.7 Å². The van der Waals surface area contributed by atoms with E-state index < -0.39 is 0 Å². The van der Waals surface area contributed by atoms with Crippen LogP contribution in [0.5, 0.6) is 6.01 Å². The van der Waals surface area contributed by atoms with Crippen molar-refractivity contribution in [2.75, 3.05) is 23.9 Å². The van der Waals surface area contributed by atoms with Crippen molar-refractivity contribution in [2.45, 2.75) is 39.0 Å². The van der Waals surface area contributed by atoms with Crippen LogP contribution in [0.25, 0.3) is 0 Å². The van der Waals surface area contributed by atoms with E-state index in [2.05, 4.69) is 25.7 Å². The first-order valence-electron chi connectivity index (χ1n) is 7.89. The number of anilines is 2. The SMILES string of the molecule is CCCOc1nc(NN)nc(NCC(C2CC2)C2CC2)n1. The van der Waals surface area contributed by atoms with Crippen LogP contribution in [0.2, 0.25) is 0 Å². The highest BCUT2D eigenvalue weighted by Crippen LogP contribution is 2.49. The first-order chi connectivity index (χ1) is 10.3. The van der Waals surface area contributed by atoms with Gasteiger partial charge in [-0.25, -0.2) is 5.84 Å². The van der Waals surface area contributed by atoms with Crippen molar-refractivity contribution in [3.8, 4) is 6.01 Å². The molecular weight excluding hydrogens is 268 g/mol. The lowest BCUT2D eigenvalue weighted by Crippen LogP contribution is -2.21. The molecule has 2 fully saturated rings. The molecule has 2 saturated carbocycles. The Bertz CT molecular complexity index is 463. The Balaban J connectivity index is 1.62. The smallest absolute Gasteiger partial charge is 0.323 e. The standard InChI is InChI=1S/C14H24N6O/c1-2-7-21-14-18-12(17-13(19-14)20-15)16-8-11(9-3-4-9)10-5-6-10/h9-11H,2-8,15H2,1H3,(H2,16,17,18,19,20). The molecule has 0 aliphatic heterocycles. The van der Waals surface area contributed by atoms with Gasteiger partial charge in [-0.3, -0.25) is 5.43 Å². The molecule has 7 nitrogen and oxygen atoms in total. The molecule has 2 aliphatic carbocycles. The molecule has 0 spiro atoms. The lowest BCUT2D eigenvalue weighted by atomic mass is 9.98. The lowest BCUT2D eigenvalue weighted by Gasteiger charge is -2.16. The Morgan fingerprint density at radius 1 is 1.14 bits per heavy atom. The molecule has 0 atom stereocenters. The minimum Gasteiger partial charge on any atom is -0.463 e. The average Bonchev–Trinajstić information content (AvgIpc) is 3.37. The zero-order chi connectivity index (χ0) is 14.7. The van der Waals surface area contributed by atoms with Crippen LogP contribution in [0.1, 0.15) is 39.0 Å². The van der Waals surface area contributed by atoms with Crippen LogP contribution in [0.15, 0.2) is 0 Å². The third-order valence-corrected chi connectivity index (χ3v) is 4.13. The summed E-state index contributed by atoms with van der Waals surface area (Å²) in [5.41, 5.74) is 2.46. The zero-order valence-electron chi connectivity index (χ0n) is 12.5. The number of nitrogens with zero attached hydrogens (tertiary/aromatic N) is 3. The summed E-state index contributed by atoms with van der Waals surface area (Å²) in [6.45, 7) is 3.55. The van der Waals surface area contributed by atoms with E-state index >= 15 is 0 Å². The highest BCUT2D eigenvalue weighted by atomic mass is 16.5. The predicted octanol–water partition coefficient (Wildman–Crippen LogP) is 1.79. The summed E-state index contributed by atoms with van der Waals surface area (Å²) >= 11 is 0. The summed E-state index contributed by atoms with van der Waals surface area (Å²) in [6.07, 6.45) is 6.41. The van der Waals surface area contributed by atoms with Gasteiger partial charge in [-0.2, -0.15) is 15.0 Å². The quantitative estimate of drug-likeness (QED) is 0.471. The van der Waals surface area contributed by atoms with E-state index in [-0.39, 0.29) is 0 Å². The van der Waals surface area contributed by atoms with Crippen molar-refractivity contribution in [1.29, 1.82) is 0 Å². The number of hydrogen-bond acceptors (Lipinski definition) is 7. The molecule has 0 bridgehead atoms. The van der Waals surface area contributed by atoms with E-state index in [9.17, 15) is 0 Å². The molecule has 7 heteroatoms. The minimum absolute atomic E-state index is 0.316. The molecule has 0 unspecified atom stereocenters. The summed E-state index contributed by atoms with van der Waals surface area (Å²) < 4.78 is 5.47. The maximum Gasteiger partial charge on any atom is 0.323 e. The van der Waals surface area contributed by atoms with Crippen molar-refractivity contribution in [3.63, 3.8) is 0 Å². The average molecular weight is 292 g/mol. The van der Waals surface area contributed by atoms with E-state index in [1.165, 1.54) is 25.7 Å². The van der Waals surface area contributed by atoms with E-state index in [1.807, 2.05) is 6.92 Å². The van der Waals surface area contributed by atoms with Crippen LogP contribution in [0.3, 0.4) is 0 Å².